The predicted molar refractivity (Wildman–Crippen MR) is 59.8 cm³/mol. The highest BCUT2D eigenvalue weighted by molar-refractivity contribution is 7.10. The fourth-order valence-electron chi connectivity index (χ4n) is 1.29. The lowest BCUT2D eigenvalue weighted by molar-refractivity contribution is 0.176. The van der Waals surface area contributed by atoms with Crippen LogP contribution < -0.4 is 0 Å². The number of thiazole rings is 1. The lowest BCUT2D eigenvalue weighted by Crippen LogP contribution is -2.12. The Morgan fingerprint density at radius 2 is 2.21 bits per heavy atom. The molecule has 0 fully saturated rings. The molecule has 2 aromatic heterocycles. The summed E-state index contributed by atoms with van der Waals surface area (Å²) in [6, 6.07) is 4.06. The van der Waals surface area contributed by atoms with Gasteiger partial charge in [-0.1, -0.05) is 6.07 Å². The van der Waals surface area contributed by atoms with Gasteiger partial charge in [0.1, 0.15) is 0 Å². The Labute approximate surface area is 90.9 Å². The van der Waals surface area contributed by atoms with Gasteiger partial charge in [0.25, 0.3) is 0 Å². The second kappa shape index (κ2) is 4.68. The van der Waals surface area contributed by atoms with E-state index in [-0.39, 0.29) is 6.10 Å². The van der Waals surface area contributed by atoms with Crippen LogP contribution in [0.5, 0.6) is 0 Å². The Kier molecular flexibility index (Phi) is 3.29. The molecule has 0 radical (unpaired) electrons. The van der Waals surface area contributed by atoms with Crippen molar-refractivity contribution in [3.8, 4) is 0 Å². The molecule has 1 atom stereocenters. The molecule has 2 aromatic rings. The van der Waals surface area contributed by atoms with Gasteiger partial charge in [-0.3, -0.25) is 0 Å². The Hall–Kier alpha value is -0.710. The molecule has 2 rings (SSSR count). The zero-order valence-electron chi connectivity index (χ0n) is 7.59. The van der Waals surface area contributed by atoms with Gasteiger partial charge in [0.2, 0.25) is 0 Å². The minimum absolute atomic E-state index is 0.306. The number of hydrogen-bond acceptors (Lipinski definition) is 4. The molecule has 0 saturated heterocycles. The Morgan fingerprint density at radius 3 is 2.86 bits per heavy atom. The second-order valence-electron chi connectivity index (χ2n) is 3.07. The van der Waals surface area contributed by atoms with Crippen molar-refractivity contribution in [3.05, 3.63) is 39.0 Å². The van der Waals surface area contributed by atoms with Crippen molar-refractivity contribution in [1.29, 1.82) is 0 Å². The van der Waals surface area contributed by atoms with Gasteiger partial charge in [0, 0.05) is 29.3 Å². The molecule has 0 aliphatic rings. The molecule has 74 valence electrons. The van der Waals surface area contributed by atoms with Gasteiger partial charge in [0.15, 0.2) is 0 Å². The number of rotatable bonds is 4. The number of aromatic nitrogens is 1. The van der Waals surface area contributed by atoms with Crippen LogP contribution in [-0.4, -0.2) is 16.2 Å². The summed E-state index contributed by atoms with van der Waals surface area (Å²) >= 11 is 3.28. The quantitative estimate of drug-likeness (QED) is 0.866. The van der Waals surface area contributed by atoms with Crippen LogP contribution in [0.15, 0.2) is 29.1 Å². The Bertz CT molecular complexity index is 319. The maximum atomic E-state index is 9.77. The molecule has 1 N–H and O–H groups in total. The molecule has 0 aromatic carbocycles. The Balaban J connectivity index is 1.88. The van der Waals surface area contributed by atoms with Crippen LogP contribution in [0.2, 0.25) is 0 Å². The molecule has 14 heavy (non-hydrogen) atoms. The summed E-state index contributed by atoms with van der Waals surface area (Å²) in [5.74, 6) is 0. The van der Waals surface area contributed by atoms with Crippen LogP contribution in [0.1, 0.15) is 9.88 Å². The van der Waals surface area contributed by atoms with Crippen LogP contribution in [0, 0.1) is 0 Å². The molecule has 0 bridgehead atoms. The van der Waals surface area contributed by atoms with Crippen LogP contribution in [0.4, 0.5) is 0 Å². The lowest BCUT2D eigenvalue weighted by Gasteiger charge is -2.06. The van der Waals surface area contributed by atoms with E-state index in [1.165, 1.54) is 4.88 Å². The first-order valence-electron chi connectivity index (χ1n) is 4.43. The van der Waals surface area contributed by atoms with Crippen molar-refractivity contribution in [3.63, 3.8) is 0 Å². The molecular weight excluding hydrogens is 214 g/mol. The molecular formula is C10H11NOS2. The number of hydrogen-bond donors (Lipinski definition) is 1. The van der Waals surface area contributed by atoms with Crippen molar-refractivity contribution in [1.82, 2.24) is 4.98 Å². The smallest absolute Gasteiger partial charge is 0.0950 e. The highest BCUT2D eigenvalue weighted by Gasteiger charge is 2.08. The monoisotopic (exact) mass is 225 g/mol. The largest absolute Gasteiger partial charge is 0.392 e. The fraction of sp³-hybridized carbons (Fsp3) is 0.300. The summed E-state index contributed by atoms with van der Waals surface area (Å²) in [6.07, 6.45) is 2.87. The molecule has 2 heterocycles. The number of nitrogens with zero attached hydrogens (tertiary/aromatic N) is 1. The van der Waals surface area contributed by atoms with Crippen molar-refractivity contribution < 1.29 is 5.11 Å². The van der Waals surface area contributed by atoms with Crippen LogP contribution in [0.25, 0.3) is 0 Å². The van der Waals surface area contributed by atoms with Crippen LogP contribution in [-0.2, 0) is 12.8 Å². The van der Waals surface area contributed by atoms with Gasteiger partial charge in [-0.05, 0) is 11.4 Å². The maximum absolute atomic E-state index is 9.77. The van der Waals surface area contributed by atoms with Crippen molar-refractivity contribution in [2.75, 3.05) is 0 Å². The molecule has 0 amide bonds. The van der Waals surface area contributed by atoms with E-state index in [1.807, 2.05) is 16.8 Å². The molecule has 0 saturated carbocycles. The molecule has 2 nitrogen and oxygen atoms in total. The van der Waals surface area contributed by atoms with Gasteiger partial charge in [0.05, 0.1) is 11.1 Å². The first kappa shape index (κ1) is 9.83. The van der Waals surface area contributed by atoms with Crippen molar-refractivity contribution in [2.45, 2.75) is 18.9 Å². The molecule has 4 heteroatoms. The van der Waals surface area contributed by atoms with E-state index in [9.17, 15) is 5.11 Å². The third-order valence-corrected chi connectivity index (χ3v) is 3.61. The number of thiophene rings is 1. The molecule has 1 unspecified atom stereocenters. The van der Waals surface area contributed by atoms with E-state index in [2.05, 4.69) is 11.1 Å². The average Bonchev–Trinajstić information content (AvgIpc) is 2.76. The van der Waals surface area contributed by atoms with E-state index in [0.29, 0.717) is 6.42 Å². The molecule has 0 aliphatic carbocycles. The highest BCUT2D eigenvalue weighted by atomic mass is 32.1. The number of aliphatic hydroxyl groups excluding tert-OH is 1. The summed E-state index contributed by atoms with van der Waals surface area (Å²) in [4.78, 5) is 5.38. The highest BCUT2D eigenvalue weighted by Crippen LogP contribution is 2.14. The van der Waals surface area contributed by atoms with Crippen molar-refractivity contribution >= 4 is 22.7 Å². The van der Waals surface area contributed by atoms with Crippen molar-refractivity contribution in [2.24, 2.45) is 0 Å². The lowest BCUT2D eigenvalue weighted by atomic mass is 10.2. The minimum atomic E-state index is -0.306. The molecule has 0 spiro atoms. The van der Waals surface area contributed by atoms with Gasteiger partial charge < -0.3 is 5.11 Å². The first-order chi connectivity index (χ1) is 6.84. The van der Waals surface area contributed by atoms with Crippen LogP contribution in [0.3, 0.4) is 0 Å². The summed E-state index contributed by atoms with van der Waals surface area (Å²) in [5.41, 5.74) is 0. The normalized spacial score (nSPS) is 12.9. The van der Waals surface area contributed by atoms with Gasteiger partial charge >= 0.3 is 0 Å². The zero-order chi connectivity index (χ0) is 9.80. The summed E-state index contributed by atoms with van der Waals surface area (Å²) in [7, 11) is 0. The van der Waals surface area contributed by atoms with E-state index < -0.39 is 0 Å². The zero-order valence-corrected chi connectivity index (χ0v) is 9.22. The number of aliphatic hydroxyl groups is 1. The van der Waals surface area contributed by atoms with E-state index in [4.69, 9.17) is 0 Å². The van der Waals surface area contributed by atoms with Crippen LogP contribution >= 0.6 is 22.7 Å². The average molecular weight is 225 g/mol. The summed E-state index contributed by atoms with van der Waals surface area (Å²) in [5, 5.41) is 14.7. The summed E-state index contributed by atoms with van der Waals surface area (Å²) in [6.45, 7) is 0. The van der Waals surface area contributed by atoms with E-state index in [1.54, 1.807) is 28.9 Å². The van der Waals surface area contributed by atoms with Gasteiger partial charge in [-0.25, -0.2) is 4.98 Å². The SMILES string of the molecule is OC(Cc1cccs1)Cc1nccs1. The topological polar surface area (TPSA) is 33.1 Å². The van der Waals surface area contributed by atoms with E-state index in [0.717, 1.165) is 11.4 Å². The van der Waals surface area contributed by atoms with Gasteiger partial charge in [-0.15, -0.1) is 22.7 Å². The Morgan fingerprint density at radius 1 is 1.29 bits per heavy atom. The maximum Gasteiger partial charge on any atom is 0.0950 e. The first-order valence-corrected chi connectivity index (χ1v) is 6.19. The standard InChI is InChI=1S/C10H11NOS2/c12-8(6-9-2-1-4-13-9)7-10-11-3-5-14-10/h1-5,8,12H,6-7H2. The van der Waals surface area contributed by atoms with Gasteiger partial charge in [-0.2, -0.15) is 0 Å². The molecule has 0 aliphatic heterocycles. The third-order valence-electron chi connectivity index (χ3n) is 1.91. The second-order valence-corrected chi connectivity index (χ2v) is 5.08. The minimum Gasteiger partial charge on any atom is -0.392 e. The summed E-state index contributed by atoms with van der Waals surface area (Å²) < 4.78 is 0. The third kappa shape index (κ3) is 2.64. The fourth-order valence-corrected chi connectivity index (χ4v) is 2.76. The van der Waals surface area contributed by atoms with E-state index >= 15 is 0 Å². The predicted octanol–water partition coefficient (Wildman–Crippen LogP) is 2.35.